The van der Waals surface area contributed by atoms with Gasteiger partial charge in [-0.3, -0.25) is 0 Å². The summed E-state index contributed by atoms with van der Waals surface area (Å²) in [7, 11) is 0. The van der Waals surface area contributed by atoms with Crippen LogP contribution in [0.3, 0.4) is 0 Å². The van der Waals surface area contributed by atoms with Gasteiger partial charge in [0.2, 0.25) is 0 Å². The molecule has 0 aromatic carbocycles. The van der Waals surface area contributed by atoms with E-state index in [1.807, 2.05) is 0 Å². The van der Waals surface area contributed by atoms with Gasteiger partial charge in [-0.2, -0.15) is 0 Å². The molecule has 0 aliphatic heterocycles. The first-order valence-corrected chi connectivity index (χ1v) is 14.5. The number of ether oxygens (including phenoxy) is 1. The van der Waals surface area contributed by atoms with E-state index in [9.17, 15) is 0 Å². The van der Waals surface area contributed by atoms with Gasteiger partial charge in [0.05, 0.1) is 0 Å². The molecule has 0 aromatic heterocycles. The van der Waals surface area contributed by atoms with Crippen molar-refractivity contribution in [3.63, 3.8) is 0 Å². The van der Waals surface area contributed by atoms with Gasteiger partial charge in [0.25, 0.3) is 0 Å². The minimum Gasteiger partial charge on any atom is -0.396 e. The van der Waals surface area contributed by atoms with Crippen molar-refractivity contribution in [1.82, 2.24) is 0 Å². The Morgan fingerprint density at radius 3 is 1.32 bits per heavy atom. The zero-order valence-corrected chi connectivity index (χ0v) is 21.8. The highest BCUT2D eigenvalue weighted by molar-refractivity contribution is 4.61. The molecule has 1 N–H and O–H groups in total. The number of aliphatic hydroxyl groups is 1. The van der Waals surface area contributed by atoms with Crippen molar-refractivity contribution in [3.8, 4) is 0 Å². The van der Waals surface area contributed by atoms with Crippen LogP contribution in [0.5, 0.6) is 0 Å². The summed E-state index contributed by atoms with van der Waals surface area (Å²) in [6, 6.07) is 0. The minimum absolute atomic E-state index is 0.362. The highest BCUT2D eigenvalue weighted by atomic mass is 16.5. The SMILES string of the molecule is CCCCCCCCCCCCC(CCCCCCCCCCO)COCCCCC. The summed E-state index contributed by atoms with van der Waals surface area (Å²) in [6.07, 6.45) is 31.3. The topological polar surface area (TPSA) is 29.5 Å². The standard InChI is InChI=1S/C29H60O2/c1-3-5-7-8-9-10-11-14-17-20-24-29(28-31-27-23-6-4-2)25-21-18-15-12-13-16-19-22-26-30/h29-30H,3-28H2,1-2H3. The highest BCUT2D eigenvalue weighted by Crippen LogP contribution is 2.20. The van der Waals surface area contributed by atoms with Crippen LogP contribution >= 0.6 is 0 Å². The molecule has 2 nitrogen and oxygen atoms in total. The summed E-state index contributed by atoms with van der Waals surface area (Å²) in [6.45, 7) is 6.90. The Morgan fingerprint density at radius 2 is 0.871 bits per heavy atom. The van der Waals surface area contributed by atoms with Crippen molar-refractivity contribution in [2.24, 2.45) is 5.92 Å². The van der Waals surface area contributed by atoms with Crippen LogP contribution in [0.4, 0.5) is 0 Å². The van der Waals surface area contributed by atoms with Crippen molar-refractivity contribution in [2.75, 3.05) is 19.8 Å². The molecule has 0 aliphatic carbocycles. The maximum atomic E-state index is 8.84. The zero-order chi connectivity index (χ0) is 22.7. The molecule has 0 aromatic rings. The quantitative estimate of drug-likeness (QED) is 0.129. The van der Waals surface area contributed by atoms with E-state index in [-0.39, 0.29) is 0 Å². The van der Waals surface area contributed by atoms with Crippen molar-refractivity contribution in [1.29, 1.82) is 0 Å². The largest absolute Gasteiger partial charge is 0.396 e. The molecule has 0 radical (unpaired) electrons. The Bertz CT molecular complexity index is 305. The summed E-state index contributed by atoms with van der Waals surface area (Å²) in [5.74, 6) is 0.792. The summed E-state index contributed by atoms with van der Waals surface area (Å²) in [4.78, 5) is 0. The van der Waals surface area contributed by atoms with Crippen molar-refractivity contribution >= 4 is 0 Å². The Balaban J connectivity index is 3.74. The molecular formula is C29H60O2. The molecule has 188 valence electrons. The predicted molar refractivity (Wildman–Crippen MR) is 139 cm³/mol. The molecule has 0 spiro atoms. The molecule has 0 amide bonds. The lowest BCUT2D eigenvalue weighted by molar-refractivity contribution is 0.0881. The van der Waals surface area contributed by atoms with E-state index in [0.717, 1.165) is 25.6 Å². The summed E-state index contributed by atoms with van der Waals surface area (Å²) >= 11 is 0. The average molecular weight is 441 g/mol. The molecule has 0 rings (SSSR count). The number of hydrogen-bond donors (Lipinski definition) is 1. The molecule has 0 heterocycles. The molecule has 0 fully saturated rings. The fourth-order valence-corrected chi connectivity index (χ4v) is 4.54. The number of unbranched alkanes of at least 4 members (excludes halogenated alkanes) is 18. The van der Waals surface area contributed by atoms with Crippen LogP contribution in [0.2, 0.25) is 0 Å². The Kier molecular flexibility index (Phi) is 27.9. The van der Waals surface area contributed by atoms with E-state index < -0.39 is 0 Å². The lowest BCUT2D eigenvalue weighted by Crippen LogP contribution is -2.11. The average Bonchev–Trinajstić information content (AvgIpc) is 2.78. The van der Waals surface area contributed by atoms with Crippen molar-refractivity contribution in [3.05, 3.63) is 0 Å². The van der Waals surface area contributed by atoms with Gasteiger partial charge in [0.1, 0.15) is 0 Å². The fraction of sp³-hybridized carbons (Fsp3) is 1.00. The van der Waals surface area contributed by atoms with Crippen molar-refractivity contribution in [2.45, 2.75) is 162 Å². The predicted octanol–water partition coefficient (Wildman–Crippen LogP) is 9.62. The van der Waals surface area contributed by atoms with E-state index in [1.165, 1.54) is 141 Å². The Hall–Kier alpha value is -0.0800. The van der Waals surface area contributed by atoms with Crippen LogP contribution < -0.4 is 0 Å². The van der Waals surface area contributed by atoms with E-state index in [1.54, 1.807) is 0 Å². The number of rotatable bonds is 27. The second-order valence-corrected chi connectivity index (χ2v) is 9.96. The molecule has 0 saturated carbocycles. The molecular weight excluding hydrogens is 380 g/mol. The number of aliphatic hydroxyl groups excluding tert-OH is 1. The molecule has 2 heteroatoms. The molecule has 0 saturated heterocycles. The van der Waals surface area contributed by atoms with Gasteiger partial charge in [-0.25, -0.2) is 0 Å². The third-order valence-electron chi connectivity index (χ3n) is 6.73. The normalized spacial score (nSPS) is 12.5. The van der Waals surface area contributed by atoms with Gasteiger partial charge in [0.15, 0.2) is 0 Å². The maximum absolute atomic E-state index is 8.84. The second-order valence-electron chi connectivity index (χ2n) is 9.96. The summed E-state index contributed by atoms with van der Waals surface area (Å²) < 4.78 is 6.05. The lowest BCUT2D eigenvalue weighted by atomic mass is 9.94. The summed E-state index contributed by atoms with van der Waals surface area (Å²) in [5, 5.41) is 8.84. The fourth-order valence-electron chi connectivity index (χ4n) is 4.54. The third-order valence-corrected chi connectivity index (χ3v) is 6.73. The first-order chi connectivity index (χ1) is 15.3. The smallest absolute Gasteiger partial charge is 0.0494 e. The first kappa shape index (κ1) is 30.9. The van der Waals surface area contributed by atoms with Crippen LogP contribution in [0.15, 0.2) is 0 Å². The van der Waals surface area contributed by atoms with E-state index in [2.05, 4.69) is 13.8 Å². The van der Waals surface area contributed by atoms with Gasteiger partial charge in [-0.15, -0.1) is 0 Å². The third kappa shape index (κ3) is 26.1. The molecule has 0 bridgehead atoms. The Labute approximate surface area is 197 Å². The van der Waals surface area contributed by atoms with Gasteiger partial charge >= 0.3 is 0 Å². The van der Waals surface area contributed by atoms with Crippen LogP contribution in [0.25, 0.3) is 0 Å². The molecule has 0 aliphatic rings. The van der Waals surface area contributed by atoms with Gasteiger partial charge in [0, 0.05) is 19.8 Å². The van der Waals surface area contributed by atoms with Gasteiger partial charge < -0.3 is 9.84 Å². The first-order valence-electron chi connectivity index (χ1n) is 14.5. The zero-order valence-electron chi connectivity index (χ0n) is 21.8. The maximum Gasteiger partial charge on any atom is 0.0494 e. The molecule has 31 heavy (non-hydrogen) atoms. The van der Waals surface area contributed by atoms with Crippen LogP contribution in [0.1, 0.15) is 162 Å². The Morgan fingerprint density at radius 1 is 0.484 bits per heavy atom. The van der Waals surface area contributed by atoms with Crippen LogP contribution in [-0.2, 0) is 4.74 Å². The summed E-state index contributed by atoms with van der Waals surface area (Å²) in [5.41, 5.74) is 0. The van der Waals surface area contributed by atoms with Crippen LogP contribution in [-0.4, -0.2) is 24.9 Å². The van der Waals surface area contributed by atoms with E-state index in [4.69, 9.17) is 9.84 Å². The lowest BCUT2D eigenvalue weighted by Gasteiger charge is -2.17. The van der Waals surface area contributed by atoms with E-state index in [0.29, 0.717) is 6.61 Å². The highest BCUT2D eigenvalue weighted by Gasteiger charge is 2.09. The van der Waals surface area contributed by atoms with Gasteiger partial charge in [-0.1, -0.05) is 136 Å². The molecule has 1 atom stereocenters. The van der Waals surface area contributed by atoms with Crippen LogP contribution in [0, 0.1) is 5.92 Å². The molecule has 1 unspecified atom stereocenters. The van der Waals surface area contributed by atoms with Crippen molar-refractivity contribution < 1.29 is 9.84 Å². The second kappa shape index (κ2) is 28.0. The number of hydrogen-bond acceptors (Lipinski definition) is 2. The van der Waals surface area contributed by atoms with Gasteiger partial charge in [-0.05, 0) is 31.6 Å². The minimum atomic E-state index is 0.362. The monoisotopic (exact) mass is 440 g/mol. The van der Waals surface area contributed by atoms with E-state index >= 15 is 0 Å².